The van der Waals surface area contributed by atoms with Gasteiger partial charge in [0.15, 0.2) is 0 Å². The lowest BCUT2D eigenvalue weighted by molar-refractivity contribution is -0.108. The molecule has 1 unspecified atom stereocenters. The third-order valence-electron chi connectivity index (χ3n) is 0.857. The fourth-order valence-electron chi connectivity index (χ4n) is 0.453. The molecule has 0 saturated carbocycles. The Bertz CT molecular complexity index is 149. The van der Waals surface area contributed by atoms with Crippen LogP contribution in [0.15, 0.2) is 12.7 Å². The second-order valence-electron chi connectivity index (χ2n) is 1.86. The number of nitrogens with two attached hydrogens (primary N) is 1. The van der Waals surface area contributed by atoms with Crippen molar-refractivity contribution in [2.75, 3.05) is 11.5 Å². The van der Waals surface area contributed by atoms with Gasteiger partial charge in [-0.15, -0.1) is 6.58 Å². The number of rotatable bonds is 5. The first-order valence-electron chi connectivity index (χ1n) is 2.87. The summed E-state index contributed by atoms with van der Waals surface area (Å²) >= 11 is 0. The van der Waals surface area contributed by atoms with Gasteiger partial charge in [0.1, 0.15) is 6.29 Å². The van der Waals surface area contributed by atoms with E-state index in [-0.39, 0.29) is 11.2 Å². The molecule has 2 atom stereocenters. The van der Waals surface area contributed by atoms with E-state index in [2.05, 4.69) is 6.58 Å². The van der Waals surface area contributed by atoms with Gasteiger partial charge in [0.05, 0.1) is 6.04 Å². The molecule has 4 nitrogen and oxygen atoms in total. The smallest absolute Gasteiger partial charge is 0.137 e. The highest BCUT2D eigenvalue weighted by atomic mass is 32.2. The quantitative estimate of drug-likeness (QED) is 0.416. The molecular formula is C6H13NO3S. The average Bonchev–Trinajstić information content (AvgIpc) is 1.88. The molecule has 0 aromatic heterocycles. The molecule has 66 valence electrons. The van der Waals surface area contributed by atoms with Gasteiger partial charge < -0.3 is 16.0 Å². The maximum absolute atomic E-state index is 10.8. The molecule has 0 aliphatic carbocycles. The summed E-state index contributed by atoms with van der Waals surface area (Å²) in [6.45, 7) is 3.41. The molecule has 0 aliphatic heterocycles. The Morgan fingerprint density at radius 2 is 2.18 bits per heavy atom. The van der Waals surface area contributed by atoms with Gasteiger partial charge in [-0.1, -0.05) is 6.08 Å². The van der Waals surface area contributed by atoms with Crippen molar-refractivity contribution in [2.45, 2.75) is 6.04 Å². The van der Waals surface area contributed by atoms with Crippen LogP contribution >= 0.6 is 0 Å². The SMILES string of the molecule is C=CCS(=O)C[C@H](N)C=O.O. The van der Waals surface area contributed by atoms with Crippen LogP contribution in [0.1, 0.15) is 0 Å². The van der Waals surface area contributed by atoms with Crippen LogP contribution in [0.5, 0.6) is 0 Å². The number of hydrogen-bond acceptors (Lipinski definition) is 3. The summed E-state index contributed by atoms with van der Waals surface area (Å²) in [4.78, 5) is 9.96. The van der Waals surface area contributed by atoms with E-state index >= 15 is 0 Å². The number of aldehydes is 1. The van der Waals surface area contributed by atoms with Gasteiger partial charge in [0, 0.05) is 22.3 Å². The fraction of sp³-hybridized carbons (Fsp3) is 0.500. The van der Waals surface area contributed by atoms with Gasteiger partial charge in [0.2, 0.25) is 0 Å². The zero-order valence-electron chi connectivity index (χ0n) is 6.16. The summed E-state index contributed by atoms with van der Waals surface area (Å²) < 4.78 is 10.8. The van der Waals surface area contributed by atoms with Crippen LogP contribution in [0.2, 0.25) is 0 Å². The molecule has 0 fully saturated rings. The fourth-order valence-corrected chi connectivity index (χ4v) is 1.36. The van der Waals surface area contributed by atoms with Crippen molar-refractivity contribution in [3.63, 3.8) is 0 Å². The lowest BCUT2D eigenvalue weighted by atomic mass is 10.4. The Hall–Kier alpha value is -0.520. The molecule has 0 heterocycles. The van der Waals surface area contributed by atoms with Gasteiger partial charge in [-0.25, -0.2) is 0 Å². The Morgan fingerprint density at radius 3 is 2.55 bits per heavy atom. The van der Waals surface area contributed by atoms with Crippen LogP contribution in [-0.2, 0) is 15.6 Å². The van der Waals surface area contributed by atoms with Crippen molar-refractivity contribution in [3.8, 4) is 0 Å². The summed E-state index contributed by atoms with van der Waals surface area (Å²) in [5, 5.41) is 0. The number of hydrogen-bond donors (Lipinski definition) is 1. The maximum Gasteiger partial charge on any atom is 0.137 e. The summed E-state index contributed by atoms with van der Waals surface area (Å²) in [6, 6.07) is -0.596. The molecule has 0 radical (unpaired) electrons. The molecule has 4 N–H and O–H groups in total. The monoisotopic (exact) mass is 179 g/mol. The van der Waals surface area contributed by atoms with Crippen LogP contribution in [0.25, 0.3) is 0 Å². The molecule has 0 rings (SSSR count). The van der Waals surface area contributed by atoms with Crippen LogP contribution in [0, 0.1) is 0 Å². The van der Waals surface area contributed by atoms with Gasteiger partial charge in [-0.3, -0.25) is 4.21 Å². The highest BCUT2D eigenvalue weighted by Gasteiger charge is 2.03. The maximum atomic E-state index is 10.8. The van der Waals surface area contributed by atoms with Gasteiger partial charge >= 0.3 is 0 Å². The lowest BCUT2D eigenvalue weighted by Crippen LogP contribution is -2.28. The average molecular weight is 179 g/mol. The van der Waals surface area contributed by atoms with E-state index in [4.69, 9.17) is 5.73 Å². The second-order valence-corrected chi connectivity index (χ2v) is 3.41. The highest BCUT2D eigenvalue weighted by molar-refractivity contribution is 7.85. The minimum atomic E-state index is -1.02. The highest BCUT2D eigenvalue weighted by Crippen LogP contribution is 1.84. The van der Waals surface area contributed by atoms with Crippen molar-refractivity contribution >= 4 is 17.1 Å². The Kier molecular flexibility index (Phi) is 9.03. The second kappa shape index (κ2) is 7.59. The summed E-state index contributed by atoms with van der Waals surface area (Å²) in [6.07, 6.45) is 2.15. The molecule has 11 heavy (non-hydrogen) atoms. The largest absolute Gasteiger partial charge is 0.412 e. The zero-order valence-corrected chi connectivity index (χ0v) is 6.97. The van der Waals surface area contributed by atoms with Crippen molar-refractivity contribution in [3.05, 3.63) is 12.7 Å². The first-order chi connectivity index (χ1) is 4.70. The summed E-state index contributed by atoms with van der Waals surface area (Å²) in [7, 11) is -1.02. The van der Waals surface area contributed by atoms with Gasteiger partial charge in [0.25, 0.3) is 0 Å². The first kappa shape index (κ1) is 13.1. The standard InChI is InChI=1S/C6H11NO2S.H2O/c1-2-3-10(9)5-6(7)4-8;/h2,4,6H,1,3,5,7H2;1H2/t6-,10?;/m1./s1. The predicted octanol–water partition coefficient (Wildman–Crippen LogP) is -1.38. The minimum Gasteiger partial charge on any atom is -0.412 e. The van der Waals surface area contributed by atoms with Gasteiger partial charge in [-0.2, -0.15) is 0 Å². The molecule has 0 aromatic rings. The number of carbonyl (C=O) groups excluding carboxylic acids is 1. The van der Waals surface area contributed by atoms with E-state index < -0.39 is 16.8 Å². The van der Waals surface area contributed by atoms with E-state index in [1.807, 2.05) is 0 Å². The molecule has 0 bridgehead atoms. The summed E-state index contributed by atoms with van der Waals surface area (Å²) in [5.74, 6) is 0.636. The Labute approximate surface area is 68.2 Å². The topological polar surface area (TPSA) is 91.7 Å². The van der Waals surface area contributed by atoms with Crippen LogP contribution in [-0.4, -0.2) is 33.5 Å². The molecule has 5 heteroatoms. The Morgan fingerprint density at radius 1 is 1.64 bits per heavy atom. The van der Waals surface area contributed by atoms with E-state index in [1.54, 1.807) is 6.08 Å². The minimum absolute atomic E-state index is 0. The number of carbonyl (C=O) groups is 1. The lowest BCUT2D eigenvalue weighted by Gasteiger charge is -2.00. The Balaban J connectivity index is 0. The summed E-state index contributed by atoms with van der Waals surface area (Å²) in [5.41, 5.74) is 5.21. The molecule has 0 aromatic carbocycles. The van der Waals surface area contributed by atoms with Crippen molar-refractivity contribution in [1.82, 2.24) is 0 Å². The van der Waals surface area contributed by atoms with E-state index in [0.29, 0.717) is 12.0 Å². The van der Waals surface area contributed by atoms with Crippen molar-refractivity contribution in [1.29, 1.82) is 0 Å². The molecule has 0 spiro atoms. The van der Waals surface area contributed by atoms with Crippen LogP contribution < -0.4 is 5.73 Å². The normalized spacial score (nSPS) is 14.3. The van der Waals surface area contributed by atoms with Gasteiger partial charge in [-0.05, 0) is 0 Å². The molecular weight excluding hydrogens is 166 g/mol. The first-order valence-corrected chi connectivity index (χ1v) is 4.36. The molecule has 0 amide bonds. The third-order valence-corrected chi connectivity index (χ3v) is 2.22. The zero-order chi connectivity index (χ0) is 7.98. The van der Waals surface area contributed by atoms with Crippen LogP contribution in [0.3, 0.4) is 0 Å². The van der Waals surface area contributed by atoms with E-state index in [0.717, 1.165) is 0 Å². The molecule has 0 aliphatic rings. The van der Waals surface area contributed by atoms with Crippen molar-refractivity contribution < 1.29 is 14.5 Å². The van der Waals surface area contributed by atoms with Crippen LogP contribution in [0.4, 0.5) is 0 Å². The van der Waals surface area contributed by atoms with Crippen molar-refractivity contribution in [2.24, 2.45) is 5.73 Å². The third kappa shape index (κ3) is 7.38. The predicted molar refractivity (Wildman–Crippen MR) is 45.7 cm³/mol. The van der Waals surface area contributed by atoms with E-state index in [9.17, 15) is 9.00 Å². The molecule has 0 saturated heterocycles. The van der Waals surface area contributed by atoms with E-state index in [1.165, 1.54) is 0 Å².